The zero-order valence-electron chi connectivity index (χ0n) is 12.5. The summed E-state index contributed by atoms with van der Waals surface area (Å²) in [5, 5.41) is 9.73. The number of piperazine rings is 1. The lowest BCUT2D eigenvalue weighted by atomic mass is 10.2. The average molecular weight is 301 g/mol. The molecule has 7 heteroatoms. The van der Waals surface area contributed by atoms with E-state index in [-0.39, 0.29) is 17.4 Å². The highest BCUT2D eigenvalue weighted by Gasteiger charge is 2.25. The maximum atomic E-state index is 12.4. The van der Waals surface area contributed by atoms with Crippen molar-refractivity contribution in [1.29, 1.82) is 0 Å². The normalized spacial score (nSPS) is 16.0. The van der Waals surface area contributed by atoms with E-state index in [9.17, 15) is 9.90 Å². The fraction of sp³-hybridized carbons (Fsp3) is 0.400. The molecule has 0 aromatic carbocycles. The van der Waals surface area contributed by atoms with E-state index in [2.05, 4.69) is 14.9 Å². The molecule has 1 N–H and O–H groups in total. The van der Waals surface area contributed by atoms with Gasteiger partial charge in [-0.1, -0.05) is 0 Å². The molecule has 1 amide bonds. The molecule has 1 saturated heterocycles. The van der Waals surface area contributed by atoms with Crippen LogP contribution in [0, 0.1) is 0 Å². The van der Waals surface area contributed by atoms with Gasteiger partial charge in [0.15, 0.2) is 5.69 Å². The second-order valence-corrected chi connectivity index (χ2v) is 5.39. The first-order chi connectivity index (χ1) is 10.6. The van der Waals surface area contributed by atoms with Crippen molar-refractivity contribution in [2.24, 2.45) is 7.05 Å². The van der Waals surface area contributed by atoms with Crippen LogP contribution in [0.25, 0.3) is 0 Å². The third-order valence-electron chi connectivity index (χ3n) is 3.93. The van der Waals surface area contributed by atoms with Crippen LogP contribution >= 0.6 is 0 Å². The van der Waals surface area contributed by atoms with E-state index in [1.165, 1.54) is 12.3 Å². The standard InChI is InChI=1S/C15H19N5O2/c1-18-6-5-16-13(18)11-19-7-9-20(10-8-19)15(22)14-12(21)3-2-4-17-14/h2-6,21H,7-11H2,1H3. The summed E-state index contributed by atoms with van der Waals surface area (Å²) >= 11 is 0. The molecule has 2 aromatic heterocycles. The fourth-order valence-corrected chi connectivity index (χ4v) is 2.57. The predicted octanol–water partition coefficient (Wildman–Crippen LogP) is 0.479. The van der Waals surface area contributed by atoms with Crippen molar-refractivity contribution in [3.05, 3.63) is 42.2 Å². The molecule has 0 spiro atoms. The van der Waals surface area contributed by atoms with Crippen LogP contribution in [0.15, 0.2) is 30.7 Å². The molecule has 0 aliphatic carbocycles. The number of aromatic nitrogens is 3. The van der Waals surface area contributed by atoms with Crippen molar-refractivity contribution >= 4 is 5.91 Å². The quantitative estimate of drug-likeness (QED) is 0.892. The minimum atomic E-state index is -0.213. The van der Waals surface area contributed by atoms with Crippen LogP contribution in [0.2, 0.25) is 0 Å². The van der Waals surface area contributed by atoms with Crippen LogP contribution in [0.3, 0.4) is 0 Å². The molecule has 7 nitrogen and oxygen atoms in total. The minimum Gasteiger partial charge on any atom is -0.505 e. The van der Waals surface area contributed by atoms with E-state index in [1.807, 2.05) is 17.8 Å². The Morgan fingerprint density at radius 2 is 2.00 bits per heavy atom. The number of pyridine rings is 1. The van der Waals surface area contributed by atoms with E-state index in [0.717, 1.165) is 25.5 Å². The highest BCUT2D eigenvalue weighted by atomic mass is 16.3. The summed E-state index contributed by atoms with van der Waals surface area (Å²) < 4.78 is 2.00. The minimum absolute atomic E-state index is 0.0667. The Kier molecular flexibility index (Phi) is 4.06. The second-order valence-electron chi connectivity index (χ2n) is 5.39. The Morgan fingerprint density at radius 1 is 1.23 bits per heavy atom. The first-order valence-corrected chi connectivity index (χ1v) is 7.27. The summed E-state index contributed by atoms with van der Waals surface area (Å²) in [7, 11) is 1.98. The lowest BCUT2D eigenvalue weighted by Crippen LogP contribution is -2.48. The van der Waals surface area contributed by atoms with Gasteiger partial charge in [0.25, 0.3) is 5.91 Å². The van der Waals surface area contributed by atoms with Crippen molar-refractivity contribution in [3.63, 3.8) is 0 Å². The van der Waals surface area contributed by atoms with Gasteiger partial charge in [-0.05, 0) is 12.1 Å². The van der Waals surface area contributed by atoms with Crippen molar-refractivity contribution in [2.75, 3.05) is 26.2 Å². The predicted molar refractivity (Wildman–Crippen MR) is 80.3 cm³/mol. The molecule has 3 rings (SSSR count). The summed E-state index contributed by atoms with van der Waals surface area (Å²) in [5.41, 5.74) is 0.125. The van der Waals surface area contributed by atoms with Gasteiger partial charge in [-0.2, -0.15) is 0 Å². The number of aryl methyl sites for hydroxylation is 1. The molecule has 0 radical (unpaired) electrons. The summed E-state index contributed by atoms with van der Waals surface area (Å²) in [6, 6.07) is 3.09. The summed E-state index contributed by atoms with van der Waals surface area (Å²) in [6.07, 6.45) is 5.24. The maximum Gasteiger partial charge on any atom is 0.276 e. The first kappa shape index (κ1) is 14.5. The van der Waals surface area contributed by atoms with E-state index >= 15 is 0 Å². The van der Waals surface area contributed by atoms with Gasteiger partial charge in [0.05, 0.1) is 6.54 Å². The smallest absolute Gasteiger partial charge is 0.276 e. The van der Waals surface area contributed by atoms with Crippen LogP contribution in [0.5, 0.6) is 5.75 Å². The van der Waals surface area contributed by atoms with Gasteiger partial charge in [-0.15, -0.1) is 0 Å². The van der Waals surface area contributed by atoms with Gasteiger partial charge in [-0.25, -0.2) is 9.97 Å². The molecular weight excluding hydrogens is 282 g/mol. The highest BCUT2D eigenvalue weighted by Crippen LogP contribution is 2.16. The lowest BCUT2D eigenvalue weighted by molar-refractivity contribution is 0.0615. The summed E-state index contributed by atoms with van der Waals surface area (Å²) in [5.74, 6) is 0.736. The molecule has 1 fully saturated rings. The third-order valence-corrected chi connectivity index (χ3v) is 3.93. The van der Waals surface area contributed by atoms with Gasteiger partial charge in [-0.3, -0.25) is 9.69 Å². The molecule has 1 aliphatic heterocycles. The highest BCUT2D eigenvalue weighted by molar-refractivity contribution is 5.94. The first-order valence-electron chi connectivity index (χ1n) is 7.27. The Balaban J connectivity index is 1.59. The molecule has 0 atom stereocenters. The monoisotopic (exact) mass is 301 g/mol. The van der Waals surface area contributed by atoms with E-state index in [0.29, 0.717) is 13.1 Å². The van der Waals surface area contributed by atoms with Crippen molar-refractivity contribution < 1.29 is 9.90 Å². The Bertz CT molecular complexity index is 661. The van der Waals surface area contributed by atoms with Gasteiger partial charge in [0.2, 0.25) is 0 Å². The Hall–Kier alpha value is -2.41. The molecule has 2 aromatic rings. The Morgan fingerprint density at radius 3 is 2.64 bits per heavy atom. The summed E-state index contributed by atoms with van der Waals surface area (Å²) in [4.78, 5) is 24.7. The molecule has 116 valence electrons. The van der Waals surface area contributed by atoms with Crippen molar-refractivity contribution in [1.82, 2.24) is 24.3 Å². The number of carbonyl (C=O) groups is 1. The second kappa shape index (κ2) is 6.15. The van der Waals surface area contributed by atoms with Crippen LogP contribution < -0.4 is 0 Å². The number of hydrogen-bond donors (Lipinski definition) is 1. The molecule has 1 aliphatic rings. The van der Waals surface area contributed by atoms with Crippen LogP contribution in [-0.4, -0.2) is 61.5 Å². The van der Waals surface area contributed by atoms with Gasteiger partial charge in [0.1, 0.15) is 11.6 Å². The number of carbonyl (C=O) groups excluding carboxylic acids is 1. The molecule has 0 bridgehead atoms. The number of amides is 1. The molecule has 0 saturated carbocycles. The Labute approximate surface area is 128 Å². The number of rotatable bonds is 3. The average Bonchev–Trinajstić information content (AvgIpc) is 2.93. The third kappa shape index (κ3) is 2.94. The number of imidazole rings is 1. The van der Waals surface area contributed by atoms with Crippen molar-refractivity contribution in [3.8, 4) is 5.75 Å². The van der Waals surface area contributed by atoms with E-state index in [1.54, 1.807) is 17.2 Å². The topological polar surface area (TPSA) is 74.5 Å². The van der Waals surface area contributed by atoms with Crippen molar-refractivity contribution in [2.45, 2.75) is 6.54 Å². The lowest BCUT2D eigenvalue weighted by Gasteiger charge is -2.34. The SMILES string of the molecule is Cn1ccnc1CN1CCN(C(=O)c2ncccc2O)CC1. The number of nitrogens with zero attached hydrogens (tertiary/aromatic N) is 5. The van der Waals surface area contributed by atoms with Gasteiger partial charge in [0, 0.05) is 51.8 Å². The fourth-order valence-electron chi connectivity index (χ4n) is 2.57. The zero-order chi connectivity index (χ0) is 15.5. The van der Waals surface area contributed by atoms with Gasteiger partial charge < -0.3 is 14.6 Å². The molecule has 3 heterocycles. The molecule has 0 unspecified atom stereocenters. The van der Waals surface area contributed by atoms with Crippen LogP contribution in [0.4, 0.5) is 0 Å². The maximum absolute atomic E-state index is 12.4. The zero-order valence-corrected chi connectivity index (χ0v) is 12.5. The molecule has 22 heavy (non-hydrogen) atoms. The van der Waals surface area contributed by atoms with E-state index in [4.69, 9.17) is 0 Å². The van der Waals surface area contributed by atoms with Crippen LogP contribution in [-0.2, 0) is 13.6 Å². The van der Waals surface area contributed by atoms with Crippen LogP contribution in [0.1, 0.15) is 16.3 Å². The van der Waals surface area contributed by atoms with Gasteiger partial charge >= 0.3 is 0 Å². The largest absolute Gasteiger partial charge is 0.505 e. The number of hydrogen-bond acceptors (Lipinski definition) is 5. The number of aromatic hydroxyl groups is 1. The van der Waals surface area contributed by atoms with E-state index < -0.39 is 0 Å². The summed E-state index contributed by atoms with van der Waals surface area (Å²) in [6.45, 7) is 3.59. The molecular formula is C15H19N5O2.